The third kappa shape index (κ3) is 7.15. The molecule has 204 valence electrons. The number of oxime groups is 1. The number of β-lactam (4-membered cyclic amide) rings is 1. The Morgan fingerprint density at radius 3 is 2.53 bits per heavy atom. The van der Waals surface area contributed by atoms with Crippen molar-refractivity contribution < 1.29 is 33.9 Å². The zero-order valence-corrected chi connectivity index (χ0v) is 22.1. The van der Waals surface area contributed by atoms with Crippen LogP contribution in [-0.2, 0) is 30.5 Å². The predicted octanol–water partition coefficient (Wildman–Crippen LogP) is 0.919. The number of carbonyl (C=O) groups excluding carboxylic acids is 3. The van der Waals surface area contributed by atoms with Crippen LogP contribution in [0.15, 0.2) is 39.7 Å². The number of carboxylic acids is 1. The first-order valence-corrected chi connectivity index (χ1v) is 12.3. The second kappa shape index (κ2) is 11.0. The quantitative estimate of drug-likeness (QED) is 0.200. The maximum absolute atomic E-state index is 13.2. The Hall–Kier alpha value is -4.27. The summed E-state index contributed by atoms with van der Waals surface area (Å²) >= 11 is 0.959. The number of rotatable bonds is 9. The van der Waals surface area contributed by atoms with Gasteiger partial charge in [-0.2, -0.15) is 0 Å². The summed E-state index contributed by atoms with van der Waals surface area (Å²) in [5.41, 5.74) is -3.29. The van der Waals surface area contributed by atoms with Crippen LogP contribution in [0.1, 0.15) is 40.3 Å². The van der Waals surface area contributed by atoms with Gasteiger partial charge in [0.1, 0.15) is 17.3 Å². The summed E-state index contributed by atoms with van der Waals surface area (Å²) in [5, 5.41) is 22.1. The molecule has 15 heteroatoms. The molecular weight excluding hydrogens is 520 g/mol. The molecule has 1 aliphatic rings. The number of hydrogen-bond acceptors (Lipinski definition) is 10. The van der Waals surface area contributed by atoms with Crippen LogP contribution in [0.2, 0.25) is 0 Å². The molecule has 38 heavy (non-hydrogen) atoms. The van der Waals surface area contributed by atoms with Gasteiger partial charge in [-0.15, -0.1) is 11.3 Å². The molecule has 2 aromatic rings. The average molecular weight is 549 g/mol. The van der Waals surface area contributed by atoms with Crippen LogP contribution in [0.5, 0.6) is 0 Å². The highest BCUT2D eigenvalue weighted by Crippen LogP contribution is 2.20. The molecule has 2 atom stereocenters. The van der Waals surface area contributed by atoms with Crippen LogP contribution in [0.25, 0.3) is 0 Å². The van der Waals surface area contributed by atoms with E-state index in [4.69, 9.17) is 9.57 Å². The van der Waals surface area contributed by atoms with Crippen molar-refractivity contribution in [3.63, 3.8) is 0 Å². The van der Waals surface area contributed by atoms with Crippen molar-refractivity contribution in [3.05, 3.63) is 45.8 Å². The van der Waals surface area contributed by atoms with Crippen LogP contribution in [0, 0.1) is 0 Å². The maximum atomic E-state index is 13.2. The van der Waals surface area contributed by atoms with Gasteiger partial charge in [0, 0.05) is 24.2 Å². The van der Waals surface area contributed by atoms with E-state index in [1.165, 1.54) is 29.9 Å². The van der Waals surface area contributed by atoms with Crippen molar-refractivity contribution in [2.24, 2.45) is 5.16 Å². The topological polar surface area (TPSA) is 190 Å². The fourth-order valence-electron chi connectivity index (χ4n) is 3.03. The number of carboxylic acid groups (broad SMARTS) is 1. The number of nitrogens with zero attached hydrogens (tertiary/aromatic N) is 3. The highest BCUT2D eigenvalue weighted by molar-refractivity contribution is 7.14. The SMILES string of the molecule is CC(C)(C)OC(=O)Nc1nc(/C(=N/OC(C)(C)C(=O)O)C(=O)N[C@@H]2C(=O)N[C@@H]2Cn2ccccc2=O)cs1. The molecule has 1 aliphatic heterocycles. The lowest BCUT2D eigenvalue weighted by Gasteiger charge is -2.37. The third-order valence-electron chi connectivity index (χ3n) is 5.04. The molecule has 3 amide bonds. The number of aromatic nitrogens is 2. The predicted molar refractivity (Wildman–Crippen MR) is 136 cm³/mol. The lowest BCUT2D eigenvalue weighted by Crippen LogP contribution is -2.71. The molecule has 0 radical (unpaired) electrons. The van der Waals surface area contributed by atoms with Crippen molar-refractivity contribution in [3.8, 4) is 0 Å². The summed E-state index contributed by atoms with van der Waals surface area (Å²) in [6, 6.07) is 3.01. The van der Waals surface area contributed by atoms with Crippen LogP contribution < -0.4 is 21.5 Å². The van der Waals surface area contributed by atoms with E-state index in [2.05, 4.69) is 26.1 Å². The Morgan fingerprint density at radius 1 is 1.21 bits per heavy atom. The number of aliphatic carboxylic acids is 1. The van der Waals surface area contributed by atoms with Gasteiger partial charge in [0.25, 0.3) is 11.5 Å². The second-order valence-electron chi connectivity index (χ2n) is 9.77. The van der Waals surface area contributed by atoms with Gasteiger partial charge in [0.15, 0.2) is 10.8 Å². The minimum absolute atomic E-state index is 0.0460. The number of anilines is 1. The summed E-state index contributed by atoms with van der Waals surface area (Å²) < 4.78 is 6.56. The Balaban J connectivity index is 1.81. The van der Waals surface area contributed by atoms with Gasteiger partial charge in [-0.05, 0) is 40.7 Å². The molecule has 0 unspecified atom stereocenters. The molecule has 0 aliphatic carbocycles. The standard InChI is InChI=1S/C23H28N6O8S/c1-22(2,3)36-21(35)27-20-25-13(11-38-20)16(28-37-23(4,5)19(33)34)18(32)26-15-12(24-17(15)31)10-29-9-7-6-8-14(29)30/h6-9,11-12,15H,10H2,1-5H3,(H,24,31)(H,26,32)(H,33,34)(H,25,27,35)/b28-16-/t12-,15+/m1/s1. The van der Waals surface area contributed by atoms with Gasteiger partial charge in [-0.3, -0.25) is 19.7 Å². The fraction of sp³-hybridized carbons (Fsp3) is 0.435. The first-order chi connectivity index (χ1) is 17.7. The molecular formula is C23H28N6O8S. The normalized spacial score (nSPS) is 17.6. The van der Waals surface area contributed by atoms with Crippen molar-refractivity contribution >= 4 is 46.1 Å². The first kappa shape index (κ1) is 28.3. The lowest BCUT2D eigenvalue weighted by molar-refractivity contribution is -0.161. The van der Waals surface area contributed by atoms with Crippen LogP contribution in [0.4, 0.5) is 9.93 Å². The number of amides is 3. The van der Waals surface area contributed by atoms with E-state index >= 15 is 0 Å². The smallest absolute Gasteiger partial charge is 0.413 e. The summed E-state index contributed by atoms with van der Waals surface area (Å²) in [7, 11) is 0. The van der Waals surface area contributed by atoms with E-state index in [0.717, 1.165) is 11.3 Å². The summed E-state index contributed by atoms with van der Waals surface area (Å²) in [6.07, 6.45) is 0.782. The number of pyridine rings is 1. The van der Waals surface area contributed by atoms with Gasteiger partial charge in [0.05, 0.1) is 6.04 Å². The number of nitrogens with one attached hydrogen (secondary N) is 3. The molecule has 0 aromatic carbocycles. The first-order valence-electron chi connectivity index (χ1n) is 11.4. The number of thiazole rings is 1. The number of hydrogen-bond donors (Lipinski definition) is 4. The van der Waals surface area contributed by atoms with Gasteiger partial charge in [-0.25, -0.2) is 14.6 Å². The molecule has 2 aromatic heterocycles. The molecule has 4 N–H and O–H groups in total. The van der Waals surface area contributed by atoms with E-state index in [-0.39, 0.29) is 22.9 Å². The van der Waals surface area contributed by atoms with Crippen LogP contribution in [0.3, 0.4) is 0 Å². The van der Waals surface area contributed by atoms with E-state index in [1.807, 2.05) is 0 Å². The monoisotopic (exact) mass is 548 g/mol. The Labute approximate surface area is 221 Å². The minimum Gasteiger partial charge on any atom is -0.478 e. The number of ether oxygens (including phenoxy) is 1. The van der Waals surface area contributed by atoms with Crippen LogP contribution >= 0.6 is 11.3 Å². The van der Waals surface area contributed by atoms with Gasteiger partial charge >= 0.3 is 12.1 Å². The third-order valence-corrected chi connectivity index (χ3v) is 5.80. The Bertz CT molecular complexity index is 1330. The van der Waals surface area contributed by atoms with Gasteiger partial charge < -0.3 is 29.9 Å². The Morgan fingerprint density at radius 2 is 1.92 bits per heavy atom. The molecule has 0 saturated carbocycles. The van der Waals surface area contributed by atoms with E-state index < -0.39 is 52.9 Å². The molecule has 1 fully saturated rings. The van der Waals surface area contributed by atoms with Crippen molar-refractivity contribution in [1.82, 2.24) is 20.2 Å². The molecule has 3 heterocycles. The molecule has 1 saturated heterocycles. The van der Waals surface area contributed by atoms with E-state index in [0.29, 0.717) is 0 Å². The van der Waals surface area contributed by atoms with Crippen molar-refractivity contribution in [2.45, 2.75) is 64.4 Å². The fourth-order valence-corrected chi connectivity index (χ4v) is 3.71. The molecule has 14 nitrogen and oxygen atoms in total. The highest BCUT2D eigenvalue weighted by Gasteiger charge is 2.42. The van der Waals surface area contributed by atoms with Crippen molar-refractivity contribution in [1.29, 1.82) is 0 Å². The largest absolute Gasteiger partial charge is 0.478 e. The van der Waals surface area contributed by atoms with Crippen molar-refractivity contribution in [2.75, 3.05) is 5.32 Å². The zero-order chi connectivity index (χ0) is 28.3. The Kier molecular flexibility index (Phi) is 8.19. The average Bonchev–Trinajstić information content (AvgIpc) is 3.25. The molecule has 0 bridgehead atoms. The highest BCUT2D eigenvalue weighted by atomic mass is 32.1. The van der Waals surface area contributed by atoms with Gasteiger partial charge in [0.2, 0.25) is 11.5 Å². The molecule has 3 rings (SSSR count). The molecule has 0 spiro atoms. The van der Waals surface area contributed by atoms with Gasteiger partial charge in [-0.1, -0.05) is 11.2 Å². The van der Waals surface area contributed by atoms with Crippen LogP contribution in [-0.4, -0.2) is 67.5 Å². The second-order valence-corrected chi connectivity index (χ2v) is 10.6. The lowest BCUT2D eigenvalue weighted by atomic mass is 9.98. The minimum atomic E-state index is -1.79. The van der Waals surface area contributed by atoms with E-state index in [1.54, 1.807) is 39.1 Å². The number of carbonyl (C=O) groups is 4. The zero-order valence-electron chi connectivity index (χ0n) is 21.3. The van der Waals surface area contributed by atoms with E-state index in [9.17, 15) is 29.1 Å². The maximum Gasteiger partial charge on any atom is 0.413 e. The summed E-state index contributed by atoms with van der Waals surface area (Å²) in [4.78, 5) is 70.2. The summed E-state index contributed by atoms with van der Waals surface area (Å²) in [5.74, 6) is -2.70. The summed E-state index contributed by atoms with van der Waals surface area (Å²) in [6.45, 7) is 7.64.